The molecule has 4 aromatic rings. The Labute approximate surface area is 196 Å². The van der Waals surface area contributed by atoms with E-state index in [0.29, 0.717) is 16.3 Å². The first kappa shape index (κ1) is 22.3. The first-order valence-electron chi connectivity index (χ1n) is 10.4. The molecule has 0 aliphatic rings. The number of pyridine rings is 1. The highest BCUT2D eigenvalue weighted by Gasteiger charge is 2.16. The van der Waals surface area contributed by atoms with Crippen LogP contribution in [0.3, 0.4) is 0 Å². The lowest BCUT2D eigenvalue weighted by atomic mass is 9.99. The number of amides is 1. The number of benzene rings is 3. The molecule has 0 unspecified atom stereocenters. The van der Waals surface area contributed by atoms with E-state index in [4.69, 9.17) is 4.98 Å². The summed E-state index contributed by atoms with van der Waals surface area (Å²) in [5.41, 5.74) is 4.05. The monoisotopic (exact) mass is 453 g/mol. The molecule has 0 saturated carbocycles. The standard InChI is InChI=1S/C27H20FN3OS/c28-23-13-7-8-14-24(23)30-26(32)15-16-33-27-22(18-29)21(19-9-3-1-4-10-19)17-25(31-27)20-11-5-2-6-12-20/h1-14,17H,15-16H2,(H,30,32). The first-order valence-corrected chi connectivity index (χ1v) is 11.4. The summed E-state index contributed by atoms with van der Waals surface area (Å²) >= 11 is 1.34. The highest BCUT2D eigenvalue weighted by atomic mass is 32.2. The predicted octanol–water partition coefficient (Wildman–Crippen LogP) is 6.55. The van der Waals surface area contributed by atoms with E-state index in [0.717, 1.165) is 22.4 Å². The second kappa shape index (κ2) is 10.6. The quantitative estimate of drug-likeness (QED) is 0.322. The van der Waals surface area contributed by atoms with Gasteiger partial charge in [-0.1, -0.05) is 72.8 Å². The zero-order valence-electron chi connectivity index (χ0n) is 17.7. The third-order valence-electron chi connectivity index (χ3n) is 4.97. The number of anilines is 1. The third-order valence-corrected chi connectivity index (χ3v) is 5.95. The van der Waals surface area contributed by atoms with Crippen LogP contribution in [-0.2, 0) is 4.79 Å². The molecular weight excluding hydrogens is 433 g/mol. The van der Waals surface area contributed by atoms with Crippen LogP contribution >= 0.6 is 11.8 Å². The van der Waals surface area contributed by atoms with E-state index in [-0.39, 0.29) is 18.0 Å². The van der Waals surface area contributed by atoms with Crippen molar-refractivity contribution in [3.8, 4) is 28.5 Å². The van der Waals surface area contributed by atoms with Crippen LogP contribution in [0.2, 0.25) is 0 Å². The number of para-hydroxylation sites is 1. The van der Waals surface area contributed by atoms with E-state index in [1.54, 1.807) is 12.1 Å². The lowest BCUT2D eigenvalue weighted by Crippen LogP contribution is -2.13. The zero-order chi connectivity index (χ0) is 23.0. The second-order valence-electron chi connectivity index (χ2n) is 7.21. The maximum Gasteiger partial charge on any atom is 0.225 e. The Morgan fingerprint density at radius 2 is 1.58 bits per heavy atom. The van der Waals surface area contributed by atoms with Crippen molar-refractivity contribution >= 4 is 23.4 Å². The molecule has 0 bridgehead atoms. The smallest absolute Gasteiger partial charge is 0.225 e. The zero-order valence-corrected chi connectivity index (χ0v) is 18.5. The largest absolute Gasteiger partial charge is 0.324 e. The normalized spacial score (nSPS) is 10.4. The fourth-order valence-corrected chi connectivity index (χ4v) is 4.30. The van der Waals surface area contributed by atoms with Gasteiger partial charge in [0, 0.05) is 23.3 Å². The summed E-state index contributed by atoms with van der Waals surface area (Å²) in [7, 11) is 0. The maximum atomic E-state index is 13.8. The number of rotatable bonds is 7. The van der Waals surface area contributed by atoms with E-state index in [1.807, 2.05) is 66.7 Å². The van der Waals surface area contributed by atoms with Crippen LogP contribution in [0.5, 0.6) is 0 Å². The van der Waals surface area contributed by atoms with Gasteiger partial charge in [0.2, 0.25) is 5.91 Å². The van der Waals surface area contributed by atoms with Gasteiger partial charge in [0.15, 0.2) is 0 Å². The van der Waals surface area contributed by atoms with E-state index in [2.05, 4.69) is 11.4 Å². The van der Waals surface area contributed by atoms with Gasteiger partial charge in [0.1, 0.15) is 16.9 Å². The number of carbonyl (C=O) groups is 1. The summed E-state index contributed by atoms with van der Waals surface area (Å²) in [6.45, 7) is 0. The molecule has 0 spiro atoms. The van der Waals surface area contributed by atoms with Crippen molar-refractivity contribution in [1.29, 1.82) is 5.26 Å². The molecule has 162 valence electrons. The lowest BCUT2D eigenvalue weighted by molar-refractivity contribution is -0.115. The number of nitriles is 1. The van der Waals surface area contributed by atoms with Gasteiger partial charge >= 0.3 is 0 Å². The number of nitrogens with one attached hydrogen (secondary N) is 1. The van der Waals surface area contributed by atoms with Crippen molar-refractivity contribution < 1.29 is 9.18 Å². The highest BCUT2D eigenvalue weighted by Crippen LogP contribution is 2.34. The van der Waals surface area contributed by atoms with Gasteiger partial charge in [-0.15, -0.1) is 11.8 Å². The molecule has 1 N–H and O–H groups in total. The molecule has 4 nitrogen and oxygen atoms in total. The van der Waals surface area contributed by atoms with Crippen LogP contribution in [0.1, 0.15) is 12.0 Å². The molecule has 33 heavy (non-hydrogen) atoms. The van der Waals surface area contributed by atoms with Gasteiger partial charge in [-0.2, -0.15) is 5.26 Å². The number of nitrogens with zero attached hydrogens (tertiary/aromatic N) is 2. The molecule has 0 fully saturated rings. The Morgan fingerprint density at radius 3 is 2.24 bits per heavy atom. The number of halogens is 1. The molecule has 0 radical (unpaired) electrons. The van der Waals surface area contributed by atoms with Gasteiger partial charge in [-0.05, 0) is 23.8 Å². The fraction of sp³-hybridized carbons (Fsp3) is 0.0741. The molecule has 3 aromatic carbocycles. The summed E-state index contributed by atoms with van der Waals surface area (Å²) in [6, 6.07) is 29.7. The Hall–Kier alpha value is -3.95. The van der Waals surface area contributed by atoms with Crippen molar-refractivity contribution in [3.63, 3.8) is 0 Å². The van der Waals surface area contributed by atoms with Crippen molar-refractivity contribution in [2.24, 2.45) is 0 Å². The average Bonchev–Trinajstić information content (AvgIpc) is 2.86. The van der Waals surface area contributed by atoms with Crippen molar-refractivity contribution in [1.82, 2.24) is 4.98 Å². The van der Waals surface area contributed by atoms with Gasteiger partial charge in [-0.25, -0.2) is 9.37 Å². The molecule has 0 aliphatic carbocycles. The van der Waals surface area contributed by atoms with Crippen molar-refractivity contribution in [2.75, 3.05) is 11.1 Å². The summed E-state index contributed by atoms with van der Waals surface area (Å²) in [5, 5.41) is 13.1. The Balaban J connectivity index is 1.59. The van der Waals surface area contributed by atoms with E-state index < -0.39 is 5.82 Å². The molecular formula is C27H20FN3OS. The fourth-order valence-electron chi connectivity index (χ4n) is 3.35. The minimum atomic E-state index is -0.477. The van der Waals surface area contributed by atoms with Crippen molar-refractivity contribution in [3.05, 3.63) is 102 Å². The number of thioether (sulfide) groups is 1. The third kappa shape index (κ3) is 5.46. The van der Waals surface area contributed by atoms with Crippen LogP contribution in [0.25, 0.3) is 22.4 Å². The summed E-state index contributed by atoms with van der Waals surface area (Å²) in [4.78, 5) is 17.1. The predicted molar refractivity (Wildman–Crippen MR) is 130 cm³/mol. The van der Waals surface area contributed by atoms with Crippen LogP contribution < -0.4 is 5.32 Å². The first-order chi connectivity index (χ1) is 16.2. The minimum absolute atomic E-state index is 0.153. The summed E-state index contributed by atoms with van der Waals surface area (Å²) < 4.78 is 13.8. The Bertz CT molecular complexity index is 1300. The van der Waals surface area contributed by atoms with Crippen LogP contribution in [0, 0.1) is 17.1 Å². The van der Waals surface area contributed by atoms with E-state index >= 15 is 0 Å². The van der Waals surface area contributed by atoms with E-state index in [1.165, 1.54) is 23.9 Å². The number of aromatic nitrogens is 1. The topological polar surface area (TPSA) is 65.8 Å². The molecule has 6 heteroatoms. The number of hydrogen-bond donors (Lipinski definition) is 1. The van der Waals surface area contributed by atoms with Crippen molar-refractivity contribution in [2.45, 2.75) is 11.4 Å². The molecule has 1 amide bonds. The van der Waals surface area contributed by atoms with Crippen LogP contribution in [-0.4, -0.2) is 16.6 Å². The molecule has 0 atom stereocenters. The van der Waals surface area contributed by atoms with Crippen LogP contribution in [0.15, 0.2) is 96.0 Å². The highest BCUT2D eigenvalue weighted by molar-refractivity contribution is 7.99. The lowest BCUT2D eigenvalue weighted by Gasteiger charge is -2.13. The SMILES string of the molecule is N#Cc1c(-c2ccccc2)cc(-c2ccccc2)nc1SCCC(=O)Nc1ccccc1F. The van der Waals surface area contributed by atoms with Gasteiger partial charge in [0.25, 0.3) is 0 Å². The van der Waals surface area contributed by atoms with Gasteiger partial charge in [0.05, 0.1) is 16.9 Å². The Morgan fingerprint density at radius 1 is 0.939 bits per heavy atom. The van der Waals surface area contributed by atoms with Gasteiger partial charge in [-0.3, -0.25) is 4.79 Å². The number of carbonyl (C=O) groups excluding carboxylic acids is 1. The average molecular weight is 454 g/mol. The summed E-state index contributed by atoms with van der Waals surface area (Å²) in [6.07, 6.45) is 0.155. The van der Waals surface area contributed by atoms with Crippen LogP contribution in [0.4, 0.5) is 10.1 Å². The molecule has 0 aliphatic heterocycles. The summed E-state index contributed by atoms with van der Waals surface area (Å²) in [5.74, 6) is -0.377. The molecule has 4 rings (SSSR count). The minimum Gasteiger partial charge on any atom is -0.324 e. The van der Waals surface area contributed by atoms with E-state index in [9.17, 15) is 14.4 Å². The molecule has 0 saturated heterocycles. The second-order valence-corrected chi connectivity index (χ2v) is 8.29. The maximum absolute atomic E-state index is 13.8. The molecule has 1 heterocycles. The molecule has 1 aromatic heterocycles. The number of hydrogen-bond acceptors (Lipinski definition) is 4. The van der Waals surface area contributed by atoms with Gasteiger partial charge < -0.3 is 5.32 Å². The Kier molecular flexibility index (Phi) is 7.13.